The number of hydrogen-bond acceptors (Lipinski definition) is 7. The van der Waals surface area contributed by atoms with Crippen molar-refractivity contribution >= 4 is 44.2 Å². The standard InChI is InChI=1S/C27H23F5N4O4S/c1-39-18-3-2-16-21(41-24(34-16)36-13-6-14(36)8-40-7-13)20(18)22(37)33-17-5-12(28)4-15(29)19(17)23(38)35-26-9-25(10-26,11-26)27(30,31)32/h2-5,13-14H,6-11H2,1H3,(H,33,37)(H,35,38). The number of hydrogen-bond donors (Lipinski definition) is 2. The van der Waals surface area contributed by atoms with E-state index >= 15 is 0 Å². The third-order valence-electron chi connectivity index (χ3n) is 8.67. The first-order chi connectivity index (χ1) is 19.4. The summed E-state index contributed by atoms with van der Waals surface area (Å²) in [5.41, 5.74) is -3.48. The van der Waals surface area contributed by atoms with Crippen molar-refractivity contribution in [1.29, 1.82) is 0 Å². The predicted molar refractivity (Wildman–Crippen MR) is 139 cm³/mol. The molecule has 3 aliphatic carbocycles. The predicted octanol–water partition coefficient (Wildman–Crippen LogP) is 5.03. The number of aromatic nitrogens is 1. The number of ether oxygens (including phenoxy) is 2. The molecule has 3 heterocycles. The quantitative estimate of drug-likeness (QED) is 0.389. The second kappa shape index (κ2) is 8.74. The SMILES string of the molecule is COc1ccc2nc(N3C4COCC3C4)sc2c1C(=O)Nc1cc(F)cc(F)c1C(=O)NC12CC(C(F)(F)F)(C1)C2. The van der Waals surface area contributed by atoms with Gasteiger partial charge in [-0.1, -0.05) is 11.3 Å². The molecule has 3 saturated carbocycles. The zero-order valence-corrected chi connectivity index (χ0v) is 22.3. The first kappa shape index (κ1) is 26.4. The van der Waals surface area contributed by atoms with Gasteiger partial charge in [-0.05, 0) is 43.9 Å². The molecule has 2 amide bonds. The Hall–Kier alpha value is -3.52. The fourth-order valence-electron chi connectivity index (χ4n) is 6.72. The number of halogens is 5. The van der Waals surface area contributed by atoms with Gasteiger partial charge in [-0.2, -0.15) is 13.2 Å². The van der Waals surface area contributed by atoms with Gasteiger partial charge in [0.15, 0.2) is 5.13 Å². The van der Waals surface area contributed by atoms with Crippen LogP contribution in [0.15, 0.2) is 24.3 Å². The molecule has 41 heavy (non-hydrogen) atoms. The molecular weight excluding hydrogens is 571 g/mol. The lowest BCUT2D eigenvalue weighted by Gasteiger charge is -2.70. The molecule has 0 spiro atoms. The van der Waals surface area contributed by atoms with Crippen LogP contribution in [0, 0.1) is 17.0 Å². The highest BCUT2D eigenvalue weighted by atomic mass is 32.1. The highest BCUT2D eigenvalue weighted by Crippen LogP contribution is 2.73. The lowest BCUT2D eigenvalue weighted by molar-refractivity contribution is -0.336. The zero-order valence-electron chi connectivity index (χ0n) is 21.5. The Morgan fingerprint density at radius 2 is 1.80 bits per heavy atom. The number of anilines is 2. The van der Waals surface area contributed by atoms with Crippen LogP contribution in [0.5, 0.6) is 5.75 Å². The smallest absolute Gasteiger partial charge is 0.394 e. The van der Waals surface area contributed by atoms with E-state index in [1.807, 2.05) is 0 Å². The van der Waals surface area contributed by atoms with Crippen molar-refractivity contribution in [2.75, 3.05) is 30.5 Å². The summed E-state index contributed by atoms with van der Waals surface area (Å²) in [4.78, 5) is 33.6. The molecule has 0 radical (unpaired) electrons. The lowest BCUT2D eigenvalue weighted by atomic mass is 9.39. The Bertz CT molecular complexity index is 1590. The molecule has 2 N–H and O–H groups in total. The number of carbonyl (C=O) groups is 2. The second-order valence-corrected chi connectivity index (χ2v) is 12.3. The fourth-order valence-corrected chi connectivity index (χ4v) is 7.96. The van der Waals surface area contributed by atoms with E-state index in [-0.39, 0.29) is 42.7 Å². The van der Waals surface area contributed by atoms with Crippen molar-refractivity contribution in [2.24, 2.45) is 5.41 Å². The van der Waals surface area contributed by atoms with E-state index in [9.17, 15) is 31.5 Å². The number of thiazole rings is 1. The van der Waals surface area contributed by atoms with Crippen molar-refractivity contribution in [2.45, 2.75) is 49.5 Å². The van der Waals surface area contributed by atoms with Crippen LogP contribution in [0.1, 0.15) is 46.4 Å². The number of morpholine rings is 1. The zero-order chi connectivity index (χ0) is 28.9. The third-order valence-corrected chi connectivity index (χ3v) is 9.77. The van der Waals surface area contributed by atoms with Crippen molar-refractivity contribution in [3.63, 3.8) is 0 Å². The largest absolute Gasteiger partial charge is 0.496 e. The molecule has 2 atom stereocenters. The summed E-state index contributed by atoms with van der Waals surface area (Å²) in [6.45, 7) is 1.16. The Morgan fingerprint density at radius 1 is 1.10 bits per heavy atom. The molecule has 2 unspecified atom stereocenters. The first-order valence-electron chi connectivity index (χ1n) is 13.0. The number of benzene rings is 2. The van der Waals surface area contributed by atoms with Gasteiger partial charge in [0.05, 0.1) is 59.3 Å². The van der Waals surface area contributed by atoms with Crippen LogP contribution in [0.4, 0.5) is 32.8 Å². The Labute approximate surface area is 233 Å². The molecule has 3 aromatic rings. The Kier molecular flexibility index (Phi) is 5.63. The minimum absolute atomic E-state index is 0.0678. The minimum atomic E-state index is -4.39. The average Bonchev–Trinajstić information content (AvgIpc) is 3.26. The molecule has 8 nitrogen and oxygen atoms in total. The van der Waals surface area contributed by atoms with Gasteiger partial charge in [-0.15, -0.1) is 0 Å². The summed E-state index contributed by atoms with van der Waals surface area (Å²) in [6, 6.07) is 4.92. The van der Waals surface area contributed by atoms with Crippen molar-refractivity contribution in [3.8, 4) is 5.75 Å². The fraction of sp³-hybridized carbons (Fsp3) is 0.444. The molecular formula is C27H23F5N4O4S. The summed E-state index contributed by atoms with van der Waals surface area (Å²) in [7, 11) is 1.37. The maximum absolute atomic E-state index is 15.0. The number of nitrogens with zero attached hydrogens (tertiary/aromatic N) is 2. The number of carbonyl (C=O) groups excluding carboxylic acids is 2. The molecule has 5 fully saturated rings. The molecule has 216 valence electrons. The van der Waals surface area contributed by atoms with Gasteiger partial charge in [-0.3, -0.25) is 9.59 Å². The average molecular weight is 595 g/mol. The number of nitrogens with one attached hydrogen (secondary N) is 2. The van der Waals surface area contributed by atoms with E-state index < -0.39 is 51.8 Å². The summed E-state index contributed by atoms with van der Waals surface area (Å²) < 4.78 is 80.4. The molecule has 5 aliphatic rings. The van der Waals surface area contributed by atoms with Crippen LogP contribution < -0.4 is 20.3 Å². The summed E-state index contributed by atoms with van der Waals surface area (Å²) in [6.07, 6.45) is -4.33. The summed E-state index contributed by atoms with van der Waals surface area (Å²) in [5.74, 6) is -3.95. The van der Waals surface area contributed by atoms with Gasteiger partial charge in [0.2, 0.25) is 0 Å². The number of rotatable bonds is 6. The number of amides is 2. The summed E-state index contributed by atoms with van der Waals surface area (Å²) in [5, 5.41) is 5.63. The molecule has 1 aromatic heterocycles. The third kappa shape index (κ3) is 3.90. The van der Waals surface area contributed by atoms with Gasteiger partial charge in [0.25, 0.3) is 11.8 Å². The molecule has 8 rings (SSSR count). The Morgan fingerprint density at radius 3 is 2.44 bits per heavy atom. The van der Waals surface area contributed by atoms with E-state index in [0.29, 0.717) is 34.6 Å². The second-order valence-electron chi connectivity index (χ2n) is 11.3. The molecule has 14 heteroatoms. The van der Waals surface area contributed by atoms with Crippen molar-refractivity contribution in [1.82, 2.24) is 10.3 Å². The molecule has 2 aromatic carbocycles. The van der Waals surface area contributed by atoms with E-state index in [0.717, 1.165) is 12.5 Å². The number of alkyl halides is 3. The maximum atomic E-state index is 15.0. The van der Waals surface area contributed by atoms with Crippen LogP contribution in [0.3, 0.4) is 0 Å². The molecule has 2 aliphatic heterocycles. The van der Waals surface area contributed by atoms with Crippen LogP contribution in [0.25, 0.3) is 10.2 Å². The van der Waals surface area contributed by atoms with Gasteiger partial charge in [-0.25, -0.2) is 13.8 Å². The minimum Gasteiger partial charge on any atom is -0.496 e. The normalized spacial score (nSPS) is 27.9. The van der Waals surface area contributed by atoms with Crippen LogP contribution in [0.2, 0.25) is 0 Å². The lowest BCUT2D eigenvalue weighted by Crippen LogP contribution is -2.78. The van der Waals surface area contributed by atoms with Crippen molar-refractivity contribution < 1.29 is 41.0 Å². The highest BCUT2D eigenvalue weighted by Gasteiger charge is 2.79. The summed E-state index contributed by atoms with van der Waals surface area (Å²) >= 11 is 1.27. The van der Waals surface area contributed by atoms with Crippen LogP contribution in [-0.4, -0.2) is 60.9 Å². The van der Waals surface area contributed by atoms with E-state index in [4.69, 9.17) is 9.47 Å². The first-order valence-corrected chi connectivity index (χ1v) is 13.8. The van der Waals surface area contributed by atoms with Crippen LogP contribution >= 0.6 is 11.3 Å². The van der Waals surface area contributed by atoms with Crippen LogP contribution in [-0.2, 0) is 4.74 Å². The number of methoxy groups -OCH3 is 1. The number of fused-ring (bicyclic) bond motifs is 3. The van der Waals surface area contributed by atoms with Crippen molar-refractivity contribution in [3.05, 3.63) is 47.0 Å². The van der Waals surface area contributed by atoms with E-state index in [1.165, 1.54) is 18.4 Å². The van der Waals surface area contributed by atoms with E-state index in [2.05, 4.69) is 20.5 Å². The highest BCUT2D eigenvalue weighted by molar-refractivity contribution is 7.22. The maximum Gasteiger partial charge on any atom is 0.394 e. The van der Waals surface area contributed by atoms with Gasteiger partial charge in [0.1, 0.15) is 22.9 Å². The monoisotopic (exact) mass is 594 g/mol. The molecule has 4 bridgehead atoms. The Balaban J connectivity index is 1.18. The molecule has 2 saturated heterocycles. The van der Waals surface area contributed by atoms with Gasteiger partial charge in [0, 0.05) is 11.6 Å². The van der Waals surface area contributed by atoms with Gasteiger partial charge < -0.3 is 25.0 Å². The van der Waals surface area contributed by atoms with E-state index in [1.54, 1.807) is 12.1 Å². The van der Waals surface area contributed by atoms with Gasteiger partial charge >= 0.3 is 6.18 Å². The topological polar surface area (TPSA) is 92.8 Å².